The lowest BCUT2D eigenvalue weighted by Gasteiger charge is -2.06. The molecule has 0 saturated heterocycles. The summed E-state index contributed by atoms with van der Waals surface area (Å²) in [5.41, 5.74) is 0.536. The Morgan fingerprint density at radius 2 is 2.06 bits per heavy atom. The van der Waals surface area contributed by atoms with Gasteiger partial charge in [0, 0.05) is 5.92 Å². The number of carboxylic acid groups (broad SMARTS) is 1. The fourth-order valence-corrected chi connectivity index (χ4v) is 2.38. The molecule has 3 heteroatoms. The van der Waals surface area contributed by atoms with Crippen molar-refractivity contribution in [1.29, 1.82) is 0 Å². The normalized spacial score (nSPS) is 31.2. The summed E-state index contributed by atoms with van der Waals surface area (Å²) in [5, 5.41) is 9.11. The monoisotopic (exact) mass is 234 g/mol. The maximum atomic E-state index is 11.1. The lowest BCUT2D eigenvalue weighted by molar-refractivity contribution is -0.144. The Balaban J connectivity index is 1.80. The Labute approximate surface area is 101 Å². The fraction of sp³-hybridized carbons (Fsp3) is 0.500. The van der Waals surface area contributed by atoms with E-state index in [0.717, 1.165) is 5.56 Å². The maximum absolute atomic E-state index is 11.1. The number of aliphatic carboxylic acids is 1. The topological polar surface area (TPSA) is 46.5 Å². The van der Waals surface area contributed by atoms with Crippen molar-refractivity contribution in [1.82, 2.24) is 0 Å². The zero-order chi connectivity index (χ0) is 12.5. The second kappa shape index (κ2) is 4.49. The highest BCUT2D eigenvalue weighted by Crippen LogP contribution is 2.58. The third-order valence-electron chi connectivity index (χ3n) is 4.08. The fourth-order valence-electron chi connectivity index (χ4n) is 2.38. The zero-order valence-corrected chi connectivity index (χ0v) is 10.2. The lowest BCUT2D eigenvalue weighted by Crippen LogP contribution is -2.16. The Kier molecular flexibility index (Phi) is 3.20. The summed E-state index contributed by atoms with van der Waals surface area (Å²) in [7, 11) is 0. The summed E-state index contributed by atoms with van der Waals surface area (Å²) in [4.78, 5) is 11.1. The van der Waals surface area contributed by atoms with Gasteiger partial charge in [-0.05, 0) is 18.4 Å². The number of carbonyl (C=O) groups is 1. The SMILES string of the molecule is CC1C(COCc2ccccc2)C1(C)C(=O)O. The maximum Gasteiger partial charge on any atom is 0.310 e. The molecule has 1 fully saturated rings. The minimum absolute atomic E-state index is 0.142. The average Bonchev–Trinajstić information content (AvgIpc) is 2.85. The molecule has 1 aliphatic rings. The van der Waals surface area contributed by atoms with Crippen LogP contribution in [0.25, 0.3) is 0 Å². The lowest BCUT2D eigenvalue weighted by atomic mass is 10.1. The highest BCUT2D eigenvalue weighted by molar-refractivity contribution is 5.78. The van der Waals surface area contributed by atoms with Gasteiger partial charge in [0.05, 0.1) is 18.6 Å². The van der Waals surface area contributed by atoms with E-state index in [0.29, 0.717) is 13.2 Å². The van der Waals surface area contributed by atoms with E-state index in [1.807, 2.05) is 37.3 Å². The smallest absolute Gasteiger partial charge is 0.310 e. The molecule has 92 valence electrons. The van der Waals surface area contributed by atoms with Gasteiger partial charge >= 0.3 is 5.97 Å². The summed E-state index contributed by atoms with van der Waals surface area (Å²) in [6.45, 7) is 4.86. The molecule has 1 N–H and O–H groups in total. The van der Waals surface area contributed by atoms with Gasteiger partial charge in [-0.3, -0.25) is 4.79 Å². The van der Waals surface area contributed by atoms with Crippen LogP contribution in [0.5, 0.6) is 0 Å². The van der Waals surface area contributed by atoms with E-state index in [-0.39, 0.29) is 11.8 Å². The Morgan fingerprint density at radius 1 is 1.41 bits per heavy atom. The van der Waals surface area contributed by atoms with Gasteiger partial charge in [-0.1, -0.05) is 37.3 Å². The first-order valence-corrected chi connectivity index (χ1v) is 5.92. The van der Waals surface area contributed by atoms with Crippen molar-refractivity contribution in [3.8, 4) is 0 Å². The number of carboxylic acids is 1. The van der Waals surface area contributed by atoms with Crippen LogP contribution in [-0.4, -0.2) is 17.7 Å². The molecule has 0 spiro atoms. The minimum Gasteiger partial charge on any atom is -0.481 e. The van der Waals surface area contributed by atoms with Gasteiger partial charge < -0.3 is 9.84 Å². The number of benzene rings is 1. The summed E-state index contributed by atoms with van der Waals surface area (Å²) >= 11 is 0. The van der Waals surface area contributed by atoms with Crippen LogP contribution < -0.4 is 0 Å². The van der Waals surface area contributed by atoms with Crippen LogP contribution in [0.1, 0.15) is 19.4 Å². The van der Waals surface area contributed by atoms with Gasteiger partial charge in [0.1, 0.15) is 0 Å². The van der Waals surface area contributed by atoms with Crippen molar-refractivity contribution in [3.63, 3.8) is 0 Å². The molecule has 1 aromatic rings. The van der Waals surface area contributed by atoms with Crippen LogP contribution in [0, 0.1) is 17.3 Å². The van der Waals surface area contributed by atoms with Crippen molar-refractivity contribution >= 4 is 5.97 Å². The molecule has 2 rings (SSSR count). The van der Waals surface area contributed by atoms with Gasteiger partial charge in [-0.2, -0.15) is 0 Å². The first-order chi connectivity index (χ1) is 8.06. The first-order valence-electron chi connectivity index (χ1n) is 5.92. The number of ether oxygens (including phenoxy) is 1. The predicted octanol–water partition coefficient (Wildman–Crippen LogP) is 2.56. The number of hydrogen-bond donors (Lipinski definition) is 1. The molecule has 0 aromatic heterocycles. The largest absolute Gasteiger partial charge is 0.481 e. The number of hydrogen-bond acceptors (Lipinski definition) is 2. The van der Waals surface area contributed by atoms with E-state index < -0.39 is 11.4 Å². The summed E-state index contributed by atoms with van der Waals surface area (Å²) in [5.74, 6) is -0.363. The van der Waals surface area contributed by atoms with Gasteiger partial charge in [0.25, 0.3) is 0 Å². The summed E-state index contributed by atoms with van der Waals surface area (Å²) in [6, 6.07) is 9.92. The Hall–Kier alpha value is -1.35. The van der Waals surface area contributed by atoms with Gasteiger partial charge in [-0.25, -0.2) is 0 Å². The molecule has 1 aliphatic carbocycles. The van der Waals surface area contributed by atoms with Gasteiger partial charge in [0.15, 0.2) is 0 Å². The average molecular weight is 234 g/mol. The molecule has 3 nitrogen and oxygen atoms in total. The highest BCUT2D eigenvalue weighted by Gasteiger charge is 2.63. The summed E-state index contributed by atoms with van der Waals surface area (Å²) < 4.78 is 5.60. The molecule has 1 saturated carbocycles. The van der Waals surface area contributed by atoms with Crippen molar-refractivity contribution in [2.45, 2.75) is 20.5 Å². The second-order valence-electron chi connectivity index (χ2n) is 4.98. The predicted molar refractivity (Wildman–Crippen MR) is 64.5 cm³/mol. The van der Waals surface area contributed by atoms with Crippen LogP contribution in [0.4, 0.5) is 0 Å². The first kappa shape index (κ1) is 12.1. The molecule has 0 radical (unpaired) electrons. The van der Waals surface area contributed by atoms with E-state index in [9.17, 15) is 4.79 Å². The standard InChI is InChI=1S/C14H18O3/c1-10-12(14(10,2)13(15)16)9-17-8-11-6-4-3-5-7-11/h3-7,10,12H,8-9H2,1-2H3,(H,15,16). The third kappa shape index (κ3) is 2.20. The molecule has 3 atom stereocenters. The van der Waals surface area contributed by atoms with E-state index in [1.54, 1.807) is 6.92 Å². The molecule has 1 aromatic carbocycles. The molecule has 0 aliphatic heterocycles. The van der Waals surface area contributed by atoms with E-state index in [4.69, 9.17) is 9.84 Å². The van der Waals surface area contributed by atoms with Crippen molar-refractivity contribution in [2.75, 3.05) is 6.61 Å². The van der Waals surface area contributed by atoms with E-state index >= 15 is 0 Å². The molecule has 3 unspecified atom stereocenters. The van der Waals surface area contributed by atoms with Crippen molar-refractivity contribution in [3.05, 3.63) is 35.9 Å². The van der Waals surface area contributed by atoms with E-state index in [1.165, 1.54) is 0 Å². The number of rotatable bonds is 5. The van der Waals surface area contributed by atoms with E-state index in [2.05, 4.69) is 0 Å². The molecule has 0 bridgehead atoms. The van der Waals surface area contributed by atoms with Crippen LogP contribution in [0.2, 0.25) is 0 Å². The minimum atomic E-state index is -0.710. The van der Waals surface area contributed by atoms with Gasteiger partial charge in [0.2, 0.25) is 0 Å². The molecule has 0 heterocycles. The van der Waals surface area contributed by atoms with Gasteiger partial charge in [-0.15, -0.1) is 0 Å². The summed E-state index contributed by atoms with van der Waals surface area (Å²) in [6.07, 6.45) is 0. The highest BCUT2D eigenvalue weighted by atomic mass is 16.5. The van der Waals surface area contributed by atoms with Crippen LogP contribution in [-0.2, 0) is 16.1 Å². The third-order valence-corrected chi connectivity index (χ3v) is 4.08. The molecule has 0 amide bonds. The Bertz CT molecular complexity index is 401. The second-order valence-corrected chi connectivity index (χ2v) is 4.98. The van der Waals surface area contributed by atoms with Crippen molar-refractivity contribution in [2.24, 2.45) is 17.3 Å². The van der Waals surface area contributed by atoms with Crippen LogP contribution in [0.3, 0.4) is 0 Å². The molecular weight excluding hydrogens is 216 g/mol. The zero-order valence-electron chi connectivity index (χ0n) is 10.2. The van der Waals surface area contributed by atoms with Crippen LogP contribution >= 0.6 is 0 Å². The molecule has 17 heavy (non-hydrogen) atoms. The Morgan fingerprint density at radius 3 is 2.59 bits per heavy atom. The van der Waals surface area contributed by atoms with Crippen molar-refractivity contribution < 1.29 is 14.6 Å². The quantitative estimate of drug-likeness (QED) is 0.851. The van der Waals surface area contributed by atoms with Crippen LogP contribution in [0.15, 0.2) is 30.3 Å². The molecular formula is C14H18O3.